The van der Waals surface area contributed by atoms with E-state index in [1.165, 1.54) is 31.2 Å². The number of hydrogen-bond donors (Lipinski definition) is 1. The maximum Gasteiger partial charge on any atom is 0.435 e. The molecule has 0 radical (unpaired) electrons. The van der Waals surface area contributed by atoms with Crippen LogP contribution < -0.4 is 4.72 Å². The van der Waals surface area contributed by atoms with E-state index in [0.717, 1.165) is 38.4 Å². The molecule has 1 saturated heterocycles. The number of nitrogens with one attached hydrogen (secondary N) is 1. The summed E-state index contributed by atoms with van der Waals surface area (Å²) < 4.78 is 69.7. The van der Waals surface area contributed by atoms with Gasteiger partial charge in [-0.2, -0.15) is 18.3 Å². The van der Waals surface area contributed by atoms with Gasteiger partial charge in [0.2, 0.25) is 11.5 Å². The van der Waals surface area contributed by atoms with Crippen LogP contribution in [0.25, 0.3) is 16.9 Å². The van der Waals surface area contributed by atoms with E-state index in [4.69, 9.17) is 4.84 Å². The molecular formula is C31H26F3N7O7S. The average Bonchev–Trinajstić information content (AvgIpc) is 3.59. The Hall–Kier alpha value is -5.78. The first-order valence-corrected chi connectivity index (χ1v) is 16.1. The lowest BCUT2D eigenvalue weighted by molar-refractivity contribution is -0.729. The Kier molecular flexibility index (Phi) is 8.35. The van der Waals surface area contributed by atoms with Crippen LogP contribution >= 0.6 is 0 Å². The second kappa shape index (κ2) is 12.3. The molecule has 3 aromatic carbocycles. The number of nitrogens with zero attached hydrogens (tertiary/aromatic N) is 6. The van der Waals surface area contributed by atoms with Crippen LogP contribution in [-0.4, -0.2) is 69.6 Å². The molecule has 2 aliphatic rings. The minimum Gasteiger partial charge on any atom is -0.569 e. The van der Waals surface area contributed by atoms with E-state index >= 15 is 0 Å². The van der Waals surface area contributed by atoms with E-state index in [1.807, 2.05) is 11.6 Å². The Morgan fingerprint density at radius 3 is 2.20 bits per heavy atom. The lowest BCUT2D eigenvalue weighted by Crippen LogP contribution is -2.59. The summed E-state index contributed by atoms with van der Waals surface area (Å²) in [5, 5.41) is 20.5. The number of imide groups is 1. The highest BCUT2D eigenvalue weighted by Gasteiger charge is 2.44. The van der Waals surface area contributed by atoms with Gasteiger partial charge >= 0.3 is 6.18 Å². The second-order valence-corrected chi connectivity index (χ2v) is 12.9. The Morgan fingerprint density at radius 1 is 1.04 bits per heavy atom. The number of fused-ring (bicyclic) bond motifs is 1. The van der Waals surface area contributed by atoms with Gasteiger partial charge in [0.25, 0.3) is 27.7 Å². The van der Waals surface area contributed by atoms with Gasteiger partial charge in [0.1, 0.15) is 0 Å². The van der Waals surface area contributed by atoms with E-state index < -0.39 is 51.9 Å². The molecule has 1 fully saturated rings. The van der Waals surface area contributed by atoms with Crippen LogP contribution in [-0.2, 0) is 25.8 Å². The van der Waals surface area contributed by atoms with Crippen molar-refractivity contribution in [2.75, 3.05) is 6.54 Å². The SMILES string of the molecule is Cc1ccc(-c2cc(C(F)(F)F)nn2-c2ccc(S(=O)(=O)NC(=O)[C@@H]3CCN3/[N+]([O-])=N/OC(C)N3C(=O)c4ccccc4C3=O)cc2)cc1. The predicted octanol–water partition coefficient (Wildman–Crippen LogP) is 4.20. The van der Waals surface area contributed by atoms with Crippen LogP contribution in [0.5, 0.6) is 0 Å². The van der Waals surface area contributed by atoms with Crippen molar-refractivity contribution in [3.63, 3.8) is 0 Å². The highest BCUT2D eigenvalue weighted by atomic mass is 32.2. The molecule has 0 bridgehead atoms. The lowest BCUT2D eigenvalue weighted by atomic mass is 10.1. The molecular weight excluding hydrogens is 671 g/mol. The molecule has 0 saturated carbocycles. The Balaban J connectivity index is 1.13. The largest absolute Gasteiger partial charge is 0.569 e. The van der Waals surface area contributed by atoms with Crippen LogP contribution in [0.1, 0.15) is 45.3 Å². The van der Waals surface area contributed by atoms with Crippen LogP contribution in [0.3, 0.4) is 0 Å². The fourth-order valence-corrected chi connectivity index (χ4v) is 6.27. The summed E-state index contributed by atoms with van der Waals surface area (Å²) >= 11 is 0. The molecule has 2 aliphatic heterocycles. The van der Waals surface area contributed by atoms with E-state index in [1.54, 1.807) is 36.4 Å². The Bertz CT molecular complexity index is 2070. The highest BCUT2D eigenvalue weighted by molar-refractivity contribution is 7.90. The molecule has 0 spiro atoms. The minimum atomic E-state index is -4.73. The predicted molar refractivity (Wildman–Crippen MR) is 163 cm³/mol. The number of hydrogen-bond acceptors (Lipinski definition) is 9. The normalized spacial score (nSPS) is 17.1. The molecule has 4 aromatic rings. The van der Waals surface area contributed by atoms with Crippen LogP contribution in [0.4, 0.5) is 13.2 Å². The van der Waals surface area contributed by atoms with Gasteiger partial charge in [-0.05, 0) is 56.3 Å². The number of carbonyl (C=O) groups excluding carboxylic acids is 3. The monoisotopic (exact) mass is 697 g/mol. The molecule has 0 aliphatic carbocycles. The standard InChI is InChI=1S/C31H26F3N7O7S/c1-18-7-9-20(10-8-18)26-17-27(31(32,33)34)35-40(26)21-11-13-22(14-12-21)49(46,47)36-28(42)25-15-16-38(25)41(45)37-48-19(2)39-29(43)23-5-3-4-6-24(23)30(39)44/h3-14,17,19,25H,15-16H2,1-2H3,(H,36,42)/b41-37-/t19?,25-/m0/s1. The third-order valence-electron chi connectivity index (χ3n) is 7.95. The number of hydrazine groups is 1. The molecule has 3 amide bonds. The number of carbonyl (C=O) groups is 3. The molecule has 1 N–H and O–H groups in total. The van der Waals surface area contributed by atoms with Gasteiger partial charge in [0.15, 0.2) is 11.7 Å². The molecule has 6 rings (SSSR count). The van der Waals surface area contributed by atoms with Gasteiger partial charge < -0.3 is 10.0 Å². The second-order valence-electron chi connectivity index (χ2n) is 11.2. The molecule has 49 heavy (non-hydrogen) atoms. The minimum absolute atomic E-state index is 0.0116. The number of sulfonamides is 1. The average molecular weight is 698 g/mol. The van der Waals surface area contributed by atoms with Gasteiger partial charge in [-0.15, -0.1) is 5.01 Å². The van der Waals surface area contributed by atoms with E-state index in [2.05, 4.69) is 10.4 Å². The van der Waals surface area contributed by atoms with Gasteiger partial charge in [-0.25, -0.2) is 22.7 Å². The quantitative estimate of drug-likeness (QED) is 0.117. The Labute approximate surface area is 276 Å². The van der Waals surface area contributed by atoms with Crippen molar-refractivity contribution in [1.82, 2.24) is 24.4 Å². The topological polar surface area (TPSA) is 169 Å². The fraction of sp³-hybridized carbons (Fsp3) is 0.226. The third kappa shape index (κ3) is 6.29. The van der Waals surface area contributed by atoms with E-state index in [-0.39, 0.29) is 45.3 Å². The van der Waals surface area contributed by atoms with E-state index in [0.29, 0.717) is 5.56 Å². The number of amides is 3. The van der Waals surface area contributed by atoms with Crippen molar-refractivity contribution in [2.24, 2.45) is 5.28 Å². The fourth-order valence-electron chi connectivity index (χ4n) is 5.26. The van der Waals surface area contributed by atoms with Crippen LogP contribution in [0, 0.1) is 12.1 Å². The maximum atomic E-state index is 13.6. The van der Waals surface area contributed by atoms with Gasteiger partial charge in [-0.3, -0.25) is 14.4 Å². The van der Waals surface area contributed by atoms with Crippen molar-refractivity contribution >= 4 is 27.7 Å². The summed E-state index contributed by atoms with van der Waals surface area (Å²) in [6.07, 6.45) is -5.93. The first-order chi connectivity index (χ1) is 23.2. The van der Waals surface area contributed by atoms with Crippen molar-refractivity contribution in [3.8, 4) is 16.9 Å². The molecule has 18 heteroatoms. The molecule has 14 nitrogen and oxygen atoms in total. The lowest BCUT2D eigenvalue weighted by Gasteiger charge is -2.34. The van der Waals surface area contributed by atoms with E-state index in [9.17, 15) is 41.2 Å². The zero-order chi connectivity index (χ0) is 35.2. The van der Waals surface area contributed by atoms with Crippen molar-refractivity contribution in [3.05, 3.63) is 106 Å². The molecule has 2 atom stereocenters. The maximum absolute atomic E-state index is 13.6. The first kappa shape index (κ1) is 33.1. The summed E-state index contributed by atoms with van der Waals surface area (Å²) in [5.41, 5.74) is 0.788. The third-order valence-corrected chi connectivity index (χ3v) is 9.31. The molecule has 3 heterocycles. The summed E-state index contributed by atoms with van der Waals surface area (Å²) in [6, 6.07) is 17.2. The number of aryl methyl sites for hydroxylation is 1. The highest BCUT2D eigenvalue weighted by Crippen LogP contribution is 2.33. The summed E-state index contributed by atoms with van der Waals surface area (Å²) in [6.45, 7) is 3.16. The van der Waals surface area contributed by atoms with Crippen molar-refractivity contribution in [1.29, 1.82) is 0 Å². The smallest absolute Gasteiger partial charge is 0.435 e. The van der Waals surface area contributed by atoms with Gasteiger partial charge in [-0.1, -0.05) is 42.0 Å². The number of rotatable bonds is 9. The van der Waals surface area contributed by atoms with Gasteiger partial charge in [0.05, 0.1) is 38.9 Å². The molecule has 254 valence electrons. The number of halogens is 3. The van der Waals surface area contributed by atoms with Crippen LogP contribution in [0.2, 0.25) is 0 Å². The number of aromatic nitrogens is 2. The van der Waals surface area contributed by atoms with Crippen LogP contribution in [0.15, 0.2) is 89.0 Å². The van der Waals surface area contributed by atoms with Gasteiger partial charge in [0, 0.05) is 12.0 Å². The molecule has 1 unspecified atom stereocenters. The Morgan fingerprint density at radius 2 is 1.65 bits per heavy atom. The summed E-state index contributed by atoms with van der Waals surface area (Å²) in [5.74, 6) is -2.33. The first-order valence-electron chi connectivity index (χ1n) is 14.6. The van der Waals surface area contributed by atoms with Crippen molar-refractivity contribution in [2.45, 2.75) is 43.6 Å². The summed E-state index contributed by atoms with van der Waals surface area (Å²) in [4.78, 5) is 43.6. The van der Waals surface area contributed by atoms with Crippen molar-refractivity contribution < 1.29 is 45.8 Å². The zero-order valence-corrected chi connectivity index (χ0v) is 26.5. The number of alkyl halides is 3. The molecule has 1 aromatic heterocycles. The number of benzene rings is 3. The zero-order valence-electron chi connectivity index (χ0n) is 25.7. The summed E-state index contributed by atoms with van der Waals surface area (Å²) in [7, 11) is -4.49.